The predicted molar refractivity (Wildman–Crippen MR) is 139 cm³/mol. The first-order chi connectivity index (χ1) is 17.8. The van der Waals surface area contributed by atoms with Crippen LogP contribution in [0.25, 0.3) is 0 Å². The molecule has 2 fully saturated rings. The lowest BCUT2D eigenvalue weighted by molar-refractivity contribution is -0.138. The average Bonchev–Trinajstić information content (AvgIpc) is 2.89. The van der Waals surface area contributed by atoms with E-state index in [1.54, 1.807) is 12.0 Å². The van der Waals surface area contributed by atoms with Gasteiger partial charge in [-0.15, -0.1) is 0 Å². The van der Waals surface area contributed by atoms with E-state index >= 15 is 0 Å². The summed E-state index contributed by atoms with van der Waals surface area (Å²) in [6, 6.07) is 3.22. The third-order valence-corrected chi connectivity index (χ3v) is 8.40. The first kappa shape index (κ1) is 29.9. The summed E-state index contributed by atoms with van der Waals surface area (Å²) in [5.74, 6) is -0.978. The molecule has 2 N–H and O–H groups in total. The van der Waals surface area contributed by atoms with Crippen LogP contribution in [0, 0.1) is 29.4 Å². The summed E-state index contributed by atoms with van der Waals surface area (Å²) in [6.45, 7) is 2.15. The zero-order valence-corrected chi connectivity index (χ0v) is 22.5. The Morgan fingerprint density at radius 2 is 1.97 bits per heavy atom. The Morgan fingerprint density at radius 1 is 1.22 bits per heavy atom. The number of aliphatic hydroxyl groups is 1. The second-order valence-corrected chi connectivity index (χ2v) is 11.2. The van der Waals surface area contributed by atoms with Gasteiger partial charge in [-0.1, -0.05) is 0 Å². The Morgan fingerprint density at radius 3 is 2.68 bits per heavy atom. The highest BCUT2D eigenvalue weighted by Crippen LogP contribution is 2.41. The number of halogens is 3. The van der Waals surface area contributed by atoms with Crippen LogP contribution in [0.4, 0.5) is 13.2 Å². The van der Waals surface area contributed by atoms with Crippen LogP contribution < -0.4 is 5.32 Å². The van der Waals surface area contributed by atoms with Crippen molar-refractivity contribution in [3.63, 3.8) is 0 Å². The molecule has 1 aliphatic heterocycles. The first-order valence-electron chi connectivity index (χ1n) is 14.0. The van der Waals surface area contributed by atoms with Crippen molar-refractivity contribution in [2.24, 2.45) is 17.8 Å². The highest BCUT2D eigenvalue weighted by molar-refractivity contribution is 5.76. The second kappa shape index (κ2) is 14.5. The molecule has 1 heterocycles. The smallest absolute Gasteiger partial charge is 0.222 e. The molecular weight excluding hydrogens is 481 g/mol. The van der Waals surface area contributed by atoms with Gasteiger partial charge in [-0.05, 0) is 108 Å². The molecule has 0 bridgehead atoms. The van der Waals surface area contributed by atoms with Gasteiger partial charge in [0.05, 0.1) is 5.60 Å². The van der Waals surface area contributed by atoms with Crippen LogP contribution in [-0.2, 0) is 15.1 Å². The third-order valence-electron chi connectivity index (χ3n) is 8.40. The summed E-state index contributed by atoms with van der Waals surface area (Å²) in [6.07, 6.45) is 6.45. The van der Waals surface area contributed by atoms with Crippen LogP contribution >= 0.6 is 0 Å². The number of alkyl halides is 1. The number of nitrogens with zero attached hydrogens (tertiary/aromatic N) is 1. The molecule has 1 aromatic carbocycles. The molecule has 2 aliphatic rings. The number of nitrogens with one attached hydrogen (secondary N) is 1. The van der Waals surface area contributed by atoms with Gasteiger partial charge in [-0.3, -0.25) is 4.79 Å². The topological polar surface area (TPSA) is 61.8 Å². The maximum atomic E-state index is 14.9. The van der Waals surface area contributed by atoms with E-state index in [0.717, 1.165) is 44.0 Å². The Bertz CT molecular complexity index is 850. The van der Waals surface area contributed by atoms with E-state index in [0.29, 0.717) is 70.6 Å². The van der Waals surface area contributed by atoms with Crippen LogP contribution in [0.15, 0.2) is 18.2 Å². The Labute approximate surface area is 220 Å². The van der Waals surface area contributed by atoms with Gasteiger partial charge in [0.1, 0.15) is 17.8 Å². The van der Waals surface area contributed by atoms with Crippen molar-refractivity contribution in [2.45, 2.75) is 82.4 Å². The number of hydrogen-bond donors (Lipinski definition) is 2. The second-order valence-electron chi connectivity index (χ2n) is 11.2. The summed E-state index contributed by atoms with van der Waals surface area (Å²) < 4.78 is 47.7. The molecule has 1 saturated heterocycles. The van der Waals surface area contributed by atoms with Gasteiger partial charge >= 0.3 is 0 Å². The van der Waals surface area contributed by atoms with Gasteiger partial charge in [0.2, 0.25) is 5.91 Å². The van der Waals surface area contributed by atoms with Crippen LogP contribution in [0.2, 0.25) is 0 Å². The van der Waals surface area contributed by atoms with Crippen LogP contribution in [-0.4, -0.2) is 62.5 Å². The summed E-state index contributed by atoms with van der Waals surface area (Å²) in [5, 5.41) is 15.1. The summed E-state index contributed by atoms with van der Waals surface area (Å²) >= 11 is 0. The minimum Gasteiger partial charge on any atom is -0.385 e. The fourth-order valence-corrected chi connectivity index (χ4v) is 6.35. The molecule has 0 spiro atoms. The standard InChI is InChI=1S/C29H45F3N2O3/c1-33-19-22(16-21-7-9-24(30)10-8-21)17-28(35)34-14-5-6-23(20-34)29(36,13-3-4-15-37-2)26-18-25(31)11-12-27(26)32/h11-12,18,21-24,33,36H,3-10,13-17,19-20H2,1-2H3/t21?,22-,23-,24?,29+/m1/s1. The van der Waals surface area contributed by atoms with Gasteiger partial charge in [-0.25, -0.2) is 13.2 Å². The van der Waals surface area contributed by atoms with Crippen molar-refractivity contribution >= 4 is 5.91 Å². The average molecular weight is 527 g/mol. The molecule has 3 atom stereocenters. The molecule has 1 aromatic rings. The van der Waals surface area contributed by atoms with E-state index < -0.39 is 29.3 Å². The molecule has 210 valence electrons. The van der Waals surface area contributed by atoms with Gasteiger partial charge in [0, 0.05) is 44.7 Å². The number of rotatable bonds is 13. The first-order valence-corrected chi connectivity index (χ1v) is 14.0. The Kier molecular flexibility index (Phi) is 11.7. The van der Waals surface area contributed by atoms with Crippen molar-refractivity contribution in [3.8, 4) is 0 Å². The van der Waals surface area contributed by atoms with Crippen LogP contribution in [0.5, 0.6) is 0 Å². The fraction of sp³-hybridized carbons (Fsp3) is 0.759. The van der Waals surface area contributed by atoms with Gasteiger partial charge in [0.25, 0.3) is 0 Å². The Hall–Kier alpha value is -1.64. The van der Waals surface area contributed by atoms with Crippen molar-refractivity contribution in [3.05, 3.63) is 35.4 Å². The minimum atomic E-state index is -1.58. The lowest BCUT2D eigenvalue weighted by atomic mass is 9.73. The summed E-state index contributed by atoms with van der Waals surface area (Å²) in [7, 11) is 3.49. The molecule has 1 saturated carbocycles. The van der Waals surface area contributed by atoms with E-state index in [1.807, 2.05) is 7.05 Å². The number of amides is 1. The van der Waals surface area contributed by atoms with Crippen molar-refractivity contribution < 1.29 is 27.8 Å². The summed E-state index contributed by atoms with van der Waals surface area (Å²) in [5.41, 5.74) is -1.60. The molecule has 8 heteroatoms. The molecule has 5 nitrogen and oxygen atoms in total. The Balaban J connectivity index is 1.70. The maximum Gasteiger partial charge on any atom is 0.222 e. The molecule has 0 aromatic heterocycles. The number of unbranched alkanes of at least 4 members (excludes halogenated alkanes) is 1. The zero-order chi connectivity index (χ0) is 26.8. The van der Waals surface area contributed by atoms with Crippen molar-refractivity contribution in [2.75, 3.05) is 40.4 Å². The molecule has 37 heavy (non-hydrogen) atoms. The largest absolute Gasteiger partial charge is 0.385 e. The highest BCUT2D eigenvalue weighted by Gasteiger charge is 2.43. The lowest BCUT2D eigenvalue weighted by Crippen LogP contribution is -2.49. The van der Waals surface area contributed by atoms with Crippen LogP contribution in [0.1, 0.15) is 76.2 Å². The molecule has 1 amide bonds. The van der Waals surface area contributed by atoms with E-state index in [2.05, 4.69) is 5.32 Å². The zero-order valence-electron chi connectivity index (χ0n) is 22.5. The number of piperidine rings is 1. The number of ether oxygens (including phenoxy) is 1. The van der Waals surface area contributed by atoms with E-state index in [-0.39, 0.29) is 23.8 Å². The van der Waals surface area contributed by atoms with Gasteiger partial charge < -0.3 is 20.1 Å². The normalized spacial score (nSPS) is 25.0. The molecular formula is C29H45F3N2O3. The summed E-state index contributed by atoms with van der Waals surface area (Å²) in [4.78, 5) is 15.2. The third kappa shape index (κ3) is 8.42. The number of benzene rings is 1. The van der Waals surface area contributed by atoms with Gasteiger partial charge in [-0.2, -0.15) is 0 Å². The molecule has 1 aliphatic carbocycles. The quantitative estimate of drug-likeness (QED) is 0.340. The number of methoxy groups -OCH3 is 1. The fourth-order valence-electron chi connectivity index (χ4n) is 6.35. The van der Waals surface area contributed by atoms with E-state index in [4.69, 9.17) is 4.74 Å². The minimum absolute atomic E-state index is 0.0271. The highest BCUT2D eigenvalue weighted by atomic mass is 19.1. The number of carbonyl (C=O) groups is 1. The predicted octanol–water partition coefficient (Wildman–Crippen LogP) is 5.35. The molecule has 3 rings (SSSR count). The van der Waals surface area contributed by atoms with E-state index in [9.17, 15) is 23.1 Å². The van der Waals surface area contributed by atoms with Crippen LogP contribution in [0.3, 0.4) is 0 Å². The molecule has 0 radical (unpaired) electrons. The number of carbonyl (C=O) groups excluding carboxylic acids is 1. The van der Waals surface area contributed by atoms with Crippen molar-refractivity contribution in [1.82, 2.24) is 10.2 Å². The van der Waals surface area contributed by atoms with Gasteiger partial charge in [0.15, 0.2) is 0 Å². The monoisotopic (exact) mass is 526 g/mol. The maximum absolute atomic E-state index is 14.9. The van der Waals surface area contributed by atoms with Crippen molar-refractivity contribution in [1.29, 1.82) is 0 Å². The van der Waals surface area contributed by atoms with E-state index in [1.165, 1.54) is 0 Å². The number of hydrogen-bond acceptors (Lipinski definition) is 4. The number of likely N-dealkylation sites (tertiary alicyclic amines) is 1. The lowest BCUT2D eigenvalue weighted by Gasteiger charge is -2.43. The molecule has 0 unspecified atom stereocenters. The SMILES string of the molecule is CNC[C@@H](CC(=O)N1CCC[C@@H]([C@@](O)(CCCCOC)c2cc(F)ccc2F)C1)CC1CCC(F)CC1.